The second-order valence-electron chi connectivity index (χ2n) is 6.25. The van der Waals surface area contributed by atoms with Crippen molar-refractivity contribution in [2.24, 2.45) is 11.1 Å². The number of phenols is 1. The third-order valence-corrected chi connectivity index (χ3v) is 2.83. The number of benzene rings is 1. The Balaban J connectivity index is 2.58. The lowest BCUT2D eigenvalue weighted by Gasteiger charge is -2.22. The summed E-state index contributed by atoms with van der Waals surface area (Å²) in [7, 11) is 0. The molecule has 4 nitrogen and oxygen atoms in total. The van der Waals surface area contributed by atoms with Crippen molar-refractivity contribution in [3.63, 3.8) is 0 Å². The number of hydrogen-bond donors (Lipinski definition) is 3. The molecule has 1 unspecified atom stereocenters. The molecule has 1 atom stereocenters. The van der Waals surface area contributed by atoms with Crippen LogP contribution >= 0.6 is 0 Å². The van der Waals surface area contributed by atoms with Gasteiger partial charge in [0.05, 0.1) is 5.69 Å². The number of aryl methyl sites for hydroxylation is 1. The first-order valence-corrected chi connectivity index (χ1v) is 6.53. The maximum Gasteiger partial charge on any atom is 0.226 e. The van der Waals surface area contributed by atoms with Crippen LogP contribution in [0.4, 0.5) is 5.69 Å². The summed E-state index contributed by atoms with van der Waals surface area (Å²) in [4.78, 5) is 11.9. The van der Waals surface area contributed by atoms with Crippen molar-refractivity contribution in [1.82, 2.24) is 0 Å². The Morgan fingerprint density at radius 1 is 1.42 bits per heavy atom. The van der Waals surface area contributed by atoms with E-state index in [9.17, 15) is 9.90 Å². The Morgan fingerprint density at radius 2 is 2.05 bits per heavy atom. The van der Waals surface area contributed by atoms with E-state index in [1.54, 1.807) is 25.1 Å². The number of anilines is 1. The molecule has 0 aromatic heterocycles. The third-order valence-electron chi connectivity index (χ3n) is 2.83. The van der Waals surface area contributed by atoms with Gasteiger partial charge in [-0.1, -0.05) is 32.9 Å². The van der Waals surface area contributed by atoms with Crippen LogP contribution in [0.3, 0.4) is 0 Å². The zero-order valence-corrected chi connectivity index (χ0v) is 12.2. The number of nitrogens with two attached hydrogens (primary N) is 1. The summed E-state index contributed by atoms with van der Waals surface area (Å²) in [6, 6.07) is 5.08. The van der Waals surface area contributed by atoms with E-state index in [1.807, 2.05) is 0 Å². The smallest absolute Gasteiger partial charge is 0.226 e. The number of hydrogen-bond acceptors (Lipinski definition) is 3. The molecule has 0 saturated carbocycles. The van der Waals surface area contributed by atoms with Gasteiger partial charge in [0.1, 0.15) is 5.75 Å². The van der Waals surface area contributed by atoms with Crippen LogP contribution in [-0.4, -0.2) is 17.1 Å². The lowest BCUT2D eigenvalue weighted by atomic mass is 9.87. The molecule has 4 N–H and O–H groups in total. The second kappa shape index (κ2) is 6.06. The molecule has 0 radical (unpaired) electrons. The molecule has 0 spiro atoms. The molecule has 1 amide bonds. The molecular formula is C15H24N2O2. The van der Waals surface area contributed by atoms with Crippen LogP contribution in [0.1, 0.15) is 39.2 Å². The van der Waals surface area contributed by atoms with E-state index in [4.69, 9.17) is 5.73 Å². The van der Waals surface area contributed by atoms with Gasteiger partial charge in [-0.3, -0.25) is 4.79 Å². The lowest BCUT2D eigenvalue weighted by Crippen LogP contribution is -2.31. The molecule has 0 bridgehead atoms. The Bertz CT molecular complexity index is 450. The first kappa shape index (κ1) is 15.5. The average molecular weight is 264 g/mol. The Hall–Kier alpha value is -1.55. The maximum absolute atomic E-state index is 11.9. The minimum Gasteiger partial charge on any atom is -0.505 e. The first-order valence-electron chi connectivity index (χ1n) is 6.53. The van der Waals surface area contributed by atoms with Crippen LogP contribution in [0.2, 0.25) is 0 Å². The summed E-state index contributed by atoms with van der Waals surface area (Å²) in [5, 5.41) is 12.5. The zero-order chi connectivity index (χ0) is 14.6. The van der Waals surface area contributed by atoms with Crippen molar-refractivity contribution in [3.8, 4) is 5.75 Å². The molecular weight excluding hydrogens is 240 g/mol. The molecule has 0 saturated heterocycles. The molecule has 0 heterocycles. The van der Waals surface area contributed by atoms with Crippen LogP contribution in [0.15, 0.2) is 18.2 Å². The van der Waals surface area contributed by atoms with E-state index in [2.05, 4.69) is 26.1 Å². The summed E-state index contributed by atoms with van der Waals surface area (Å²) in [5.74, 6) is -0.0575. The standard InChI is InChI=1S/C15H24N2O2/c1-10-6-5-7-12(14(10)19)17-13(18)8-11(16)9-15(2,3)4/h5-7,11,19H,8-9,16H2,1-4H3,(H,17,18). The van der Waals surface area contributed by atoms with Crippen molar-refractivity contribution in [2.75, 3.05) is 5.32 Å². The molecule has 1 aromatic rings. The highest BCUT2D eigenvalue weighted by molar-refractivity contribution is 5.92. The molecule has 0 aliphatic heterocycles. The van der Waals surface area contributed by atoms with Crippen molar-refractivity contribution in [3.05, 3.63) is 23.8 Å². The fourth-order valence-electron chi connectivity index (χ4n) is 2.06. The number of rotatable bonds is 4. The molecule has 4 heteroatoms. The third kappa shape index (κ3) is 5.30. The number of carbonyl (C=O) groups is 1. The fourth-order valence-corrected chi connectivity index (χ4v) is 2.06. The average Bonchev–Trinajstić information content (AvgIpc) is 2.21. The van der Waals surface area contributed by atoms with E-state index in [-0.39, 0.29) is 29.5 Å². The van der Waals surface area contributed by atoms with Gasteiger partial charge in [0, 0.05) is 12.5 Å². The van der Waals surface area contributed by atoms with Gasteiger partial charge in [-0.25, -0.2) is 0 Å². The van der Waals surface area contributed by atoms with Crippen molar-refractivity contribution in [2.45, 2.75) is 46.6 Å². The molecule has 0 fully saturated rings. The minimum absolute atomic E-state index is 0.102. The Kier molecular flexibility index (Phi) is 4.95. The van der Waals surface area contributed by atoms with E-state index in [0.29, 0.717) is 5.69 Å². The highest BCUT2D eigenvalue weighted by atomic mass is 16.3. The summed E-state index contributed by atoms with van der Waals surface area (Å²) in [6.07, 6.45) is 1.03. The largest absolute Gasteiger partial charge is 0.505 e. The van der Waals surface area contributed by atoms with E-state index >= 15 is 0 Å². The predicted octanol–water partition coefficient (Wildman–Crippen LogP) is 2.79. The van der Waals surface area contributed by atoms with Gasteiger partial charge in [-0.2, -0.15) is 0 Å². The number of amides is 1. The monoisotopic (exact) mass is 264 g/mol. The van der Waals surface area contributed by atoms with Gasteiger partial charge in [0.25, 0.3) is 0 Å². The van der Waals surface area contributed by atoms with E-state index in [0.717, 1.165) is 12.0 Å². The summed E-state index contributed by atoms with van der Waals surface area (Å²) >= 11 is 0. The molecule has 0 aliphatic carbocycles. The van der Waals surface area contributed by atoms with Crippen molar-refractivity contribution < 1.29 is 9.90 Å². The summed E-state index contributed by atoms with van der Waals surface area (Å²) < 4.78 is 0. The molecule has 106 valence electrons. The van der Waals surface area contributed by atoms with Crippen LogP contribution in [-0.2, 0) is 4.79 Å². The number of phenolic OH excluding ortho intramolecular Hbond substituents is 1. The lowest BCUT2D eigenvalue weighted by molar-refractivity contribution is -0.116. The summed E-state index contributed by atoms with van der Waals surface area (Å²) in [5.41, 5.74) is 7.23. The summed E-state index contributed by atoms with van der Waals surface area (Å²) in [6.45, 7) is 8.07. The van der Waals surface area contributed by atoms with Gasteiger partial charge in [-0.15, -0.1) is 0 Å². The Morgan fingerprint density at radius 3 is 2.63 bits per heavy atom. The topological polar surface area (TPSA) is 75.4 Å². The number of aromatic hydroxyl groups is 1. The number of nitrogens with one attached hydrogen (secondary N) is 1. The van der Waals surface area contributed by atoms with Crippen molar-refractivity contribution in [1.29, 1.82) is 0 Å². The van der Waals surface area contributed by atoms with Crippen LogP contribution in [0.5, 0.6) is 5.75 Å². The fraction of sp³-hybridized carbons (Fsp3) is 0.533. The SMILES string of the molecule is Cc1cccc(NC(=O)CC(N)CC(C)(C)C)c1O. The normalized spacial score (nSPS) is 13.1. The zero-order valence-electron chi connectivity index (χ0n) is 12.2. The molecule has 1 rings (SSSR count). The second-order valence-corrected chi connectivity index (χ2v) is 6.25. The van der Waals surface area contributed by atoms with Crippen LogP contribution in [0, 0.1) is 12.3 Å². The highest BCUT2D eigenvalue weighted by Crippen LogP contribution is 2.27. The maximum atomic E-state index is 11.9. The molecule has 0 aliphatic rings. The van der Waals surface area contributed by atoms with Gasteiger partial charge in [-0.05, 0) is 30.4 Å². The van der Waals surface area contributed by atoms with Gasteiger partial charge < -0.3 is 16.2 Å². The van der Waals surface area contributed by atoms with Gasteiger partial charge in [0.15, 0.2) is 0 Å². The quantitative estimate of drug-likeness (QED) is 0.732. The minimum atomic E-state index is -0.174. The first-order chi connectivity index (χ1) is 8.69. The molecule has 1 aromatic carbocycles. The van der Waals surface area contributed by atoms with Crippen LogP contribution in [0.25, 0.3) is 0 Å². The number of carbonyl (C=O) groups excluding carboxylic acids is 1. The van der Waals surface area contributed by atoms with Gasteiger partial charge >= 0.3 is 0 Å². The number of para-hydroxylation sites is 1. The van der Waals surface area contributed by atoms with Crippen LogP contribution < -0.4 is 11.1 Å². The predicted molar refractivity (Wildman–Crippen MR) is 78.1 cm³/mol. The van der Waals surface area contributed by atoms with Crippen molar-refractivity contribution >= 4 is 11.6 Å². The molecule has 19 heavy (non-hydrogen) atoms. The van der Waals surface area contributed by atoms with Gasteiger partial charge in [0.2, 0.25) is 5.91 Å². The highest BCUT2D eigenvalue weighted by Gasteiger charge is 2.18. The Labute approximate surface area is 115 Å². The van der Waals surface area contributed by atoms with E-state index in [1.165, 1.54) is 0 Å². The van der Waals surface area contributed by atoms with E-state index < -0.39 is 0 Å².